The molecule has 1 aromatic carbocycles. The van der Waals surface area contributed by atoms with Gasteiger partial charge < -0.3 is 4.74 Å². The van der Waals surface area contributed by atoms with Gasteiger partial charge in [0.2, 0.25) is 0 Å². The molecule has 0 bridgehead atoms. The summed E-state index contributed by atoms with van der Waals surface area (Å²) in [5.41, 5.74) is 0.137. The highest BCUT2D eigenvalue weighted by molar-refractivity contribution is 5.51. The zero-order valence-electron chi connectivity index (χ0n) is 9.47. The Kier molecular flexibility index (Phi) is 2.29. The van der Waals surface area contributed by atoms with Crippen molar-refractivity contribution in [3.63, 3.8) is 0 Å². The number of ether oxygens (including phenoxy) is 1. The van der Waals surface area contributed by atoms with Crippen LogP contribution in [0.1, 0.15) is 5.82 Å². The normalized spacial score (nSPS) is 14.2. The van der Waals surface area contributed by atoms with Crippen LogP contribution < -0.4 is 5.69 Å². The minimum absolute atomic E-state index is 0.349. The molecule has 0 saturated heterocycles. The molecule has 0 amide bonds. The van der Waals surface area contributed by atoms with Crippen molar-refractivity contribution in [3.8, 4) is 5.69 Å². The average Bonchev–Trinajstić information content (AvgIpc) is 2.69. The summed E-state index contributed by atoms with van der Waals surface area (Å²) in [5.74, 6) is 0.438. The molecule has 1 aromatic heterocycles. The molecule has 0 N–H and O–H groups in total. The van der Waals surface area contributed by atoms with Crippen LogP contribution in [0.2, 0.25) is 0 Å². The van der Waals surface area contributed by atoms with Gasteiger partial charge in [-0.3, -0.25) is 4.68 Å². The number of hydrogen-bond acceptors (Lipinski definition) is 3. The number of hydrogen-bond donors (Lipinski definition) is 0. The monoisotopic (exact) mass is 247 g/mol. The van der Waals surface area contributed by atoms with Crippen LogP contribution in [-0.4, -0.2) is 21.0 Å². The SMILES string of the molecule is C=C1OCCn2c1nc(=O)n2-c1ccc(F)cc1. The highest BCUT2D eigenvalue weighted by atomic mass is 19.1. The predicted molar refractivity (Wildman–Crippen MR) is 62.8 cm³/mol. The largest absolute Gasteiger partial charge is 0.488 e. The van der Waals surface area contributed by atoms with Crippen molar-refractivity contribution >= 4 is 5.76 Å². The van der Waals surface area contributed by atoms with E-state index in [9.17, 15) is 9.18 Å². The van der Waals surface area contributed by atoms with E-state index in [1.165, 1.54) is 28.9 Å². The predicted octanol–water partition coefficient (Wildman–Crippen LogP) is 1.17. The molecule has 0 saturated carbocycles. The maximum Gasteiger partial charge on any atom is 0.369 e. The van der Waals surface area contributed by atoms with E-state index in [2.05, 4.69) is 11.6 Å². The third-order valence-corrected chi connectivity index (χ3v) is 2.77. The fraction of sp³-hybridized carbons (Fsp3) is 0.167. The number of rotatable bonds is 1. The van der Waals surface area contributed by atoms with Gasteiger partial charge in [-0.15, -0.1) is 0 Å². The molecule has 0 atom stereocenters. The zero-order valence-corrected chi connectivity index (χ0v) is 9.47. The van der Waals surface area contributed by atoms with Crippen LogP contribution in [0.15, 0.2) is 35.6 Å². The standard InChI is InChI=1S/C12H10FN3O2/c1-8-11-14-12(17)16(15(11)6-7-18-8)10-4-2-9(13)3-5-10/h2-5H,1,6-7H2. The van der Waals surface area contributed by atoms with E-state index in [1.807, 2.05) is 0 Å². The van der Waals surface area contributed by atoms with Gasteiger partial charge in [-0.05, 0) is 24.3 Å². The second-order valence-electron chi connectivity index (χ2n) is 3.90. The molecule has 0 aliphatic carbocycles. The summed E-state index contributed by atoms with van der Waals surface area (Å²) < 4.78 is 21.2. The van der Waals surface area contributed by atoms with E-state index >= 15 is 0 Å². The van der Waals surface area contributed by atoms with E-state index in [-0.39, 0.29) is 5.82 Å². The molecule has 18 heavy (non-hydrogen) atoms. The van der Waals surface area contributed by atoms with Crippen LogP contribution in [0.4, 0.5) is 4.39 Å². The Morgan fingerprint density at radius 1 is 1.33 bits per heavy atom. The van der Waals surface area contributed by atoms with Gasteiger partial charge in [0.05, 0.1) is 12.2 Å². The van der Waals surface area contributed by atoms with Crippen molar-refractivity contribution in [1.29, 1.82) is 0 Å². The summed E-state index contributed by atoms with van der Waals surface area (Å²) in [4.78, 5) is 15.8. The topological polar surface area (TPSA) is 49.1 Å². The minimum atomic E-state index is -0.428. The van der Waals surface area contributed by atoms with E-state index in [0.717, 1.165) is 0 Å². The van der Waals surface area contributed by atoms with Crippen molar-refractivity contribution < 1.29 is 9.13 Å². The summed E-state index contributed by atoms with van der Waals surface area (Å²) in [6, 6.07) is 5.67. The molecular formula is C12H10FN3O2. The number of halogens is 1. The van der Waals surface area contributed by atoms with E-state index in [0.29, 0.717) is 30.4 Å². The summed E-state index contributed by atoms with van der Waals surface area (Å²) in [5, 5.41) is 0. The number of nitrogens with zero attached hydrogens (tertiary/aromatic N) is 3. The molecule has 1 aliphatic heterocycles. The van der Waals surface area contributed by atoms with Gasteiger partial charge in [0.15, 0.2) is 11.6 Å². The van der Waals surface area contributed by atoms with Gasteiger partial charge in [0, 0.05) is 0 Å². The Balaban J connectivity index is 2.21. The lowest BCUT2D eigenvalue weighted by Gasteiger charge is -2.19. The highest BCUT2D eigenvalue weighted by Gasteiger charge is 2.21. The molecule has 3 rings (SSSR count). The Morgan fingerprint density at radius 2 is 2.06 bits per heavy atom. The lowest BCUT2D eigenvalue weighted by Crippen LogP contribution is -2.25. The van der Waals surface area contributed by atoms with E-state index in [1.54, 1.807) is 4.68 Å². The lowest BCUT2D eigenvalue weighted by molar-refractivity contribution is 0.222. The van der Waals surface area contributed by atoms with Crippen molar-refractivity contribution in [2.75, 3.05) is 6.61 Å². The molecule has 2 aromatic rings. The molecule has 0 unspecified atom stereocenters. The van der Waals surface area contributed by atoms with E-state index < -0.39 is 5.69 Å². The van der Waals surface area contributed by atoms with Gasteiger partial charge in [-0.25, -0.2) is 9.18 Å². The molecule has 1 aliphatic rings. The zero-order chi connectivity index (χ0) is 12.7. The van der Waals surface area contributed by atoms with Crippen molar-refractivity contribution in [2.45, 2.75) is 6.54 Å². The maximum absolute atomic E-state index is 12.9. The molecule has 0 fully saturated rings. The molecule has 5 nitrogen and oxygen atoms in total. The van der Waals surface area contributed by atoms with Gasteiger partial charge in [-0.1, -0.05) is 6.58 Å². The second-order valence-corrected chi connectivity index (χ2v) is 3.90. The van der Waals surface area contributed by atoms with Gasteiger partial charge in [0.25, 0.3) is 0 Å². The van der Waals surface area contributed by atoms with Crippen molar-refractivity contribution in [1.82, 2.24) is 14.3 Å². The van der Waals surface area contributed by atoms with Crippen molar-refractivity contribution in [3.05, 3.63) is 53.0 Å². The summed E-state index contributed by atoms with van der Waals surface area (Å²) >= 11 is 0. The minimum Gasteiger partial charge on any atom is -0.488 e. The third-order valence-electron chi connectivity index (χ3n) is 2.77. The number of fused-ring (bicyclic) bond motifs is 1. The maximum atomic E-state index is 12.9. The van der Waals surface area contributed by atoms with Crippen LogP contribution >= 0.6 is 0 Å². The fourth-order valence-corrected chi connectivity index (χ4v) is 1.96. The van der Waals surface area contributed by atoms with Gasteiger partial charge >= 0.3 is 5.69 Å². The van der Waals surface area contributed by atoms with Gasteiger partial charge in [0.1, 0.15) is 12.4 Å². The van der Waals surface area contributed by atoms with Crippen LogP contribution in [-0.2, 0) is 11.3 Å². The lowest BCUT2D eigenvalue weighted by atomic mass is 10.3. The summed E-state index contributed by atoms with van der Waals surface area (Å²) in [6.07, 6.45) is 0. The van der Waals surface area contributed by atoms with Crippen molar-refractivity contribution in [2.24, 2.45) is 0 Å². The first-order valence-electron chi connectivity index (χ1n) is 5.45. The summed E-state index contributed by atoms with van der Waals surface area (Å²) in [6.45, 7) is 4.63. The average molecular weight is 247 g/mol. The van der Waals surface area contributed by atoms with Crippen LogP contribution in [0, 0.1) is 5.82 Å². The first kappa shape index (κ1) is 10.8. The van der Waals surface area contributed by atoms with Crippen LogP contribution in [0.25, 0.3) is 11.4 Å². The van der Waals surface area contributed by atoms with Gasteiger partial charge in [-0.2, -0.15) is 9.67 Å². The highest BCUT2D eigenvalue weighted by Crippen LogP contribution is 2.17. The smallest absolute Gasteiger partial charge is 0.369 e. The molecule has 92 valence electrons. The molecule has 0 spiro atoms. The molecular weight excluding hydrogens is 237 g/mol. The quantitative estimate of drug-likeness (QED) is 0.760. The van der Waals surface area contributed by atoms with E-state index in [4.69, 9.17) is 4.74 Å². The Morgan fingerprint density at radius 3 is 2.78 bits per heavy atom. The number of aromatic nitrogens is 3. The first-order valence-corrected chi connectivity index (χ1v) is 5.45. The first-order chi connectivity index (χ1) is 8.66. The second kappa shape index (κ2) is 3.83. The van der Waals surface area contributed by atoms with Crippen LogP contribution in [0.5, 0.6) is 0 Å². The van der Waals surface area contributed by atoms with Crippen LogP contribution in [0.3, 0.4) is 0 Å². The summed E-state index contributed by atoms with van der Waals surface area (Å²) in [7, 11) is 0. The third kappa shape index (κ3) is 1.54. The fourth-order valence-electron chi connectivity index (χ4n) is 1.96. The molecule has 2 heterocycles. The molecule has 6 heteroatoms. The Labute approximate surface area is 102 Å². The Hall–Kier alpha value is -2.37. The molecule has 0 radical (unpaired) electrons. The Bertz CT molecular complexity index is 670. The number of benzene rings is 1.